The fraction of sp³-hybridized carbons (Fsp3) is 0.545. The first-order valence-electron chi connectivity index (χ1n) is 5.36. The van der Waals surface area contributed by atoms with Gasteiger partial charge in [0.05, 0.1) is 17.2 Å². The first-order valence-corrected chi connectivity index (χ1v) is 6.24. The van der Waals surface area contributed by atoms with Gasteiger partial charge < -0.3 is 0 Å². The molecule has 0 radical (unpaired) electrons. The number of aromatic nitrogens is 3. The van der Waals surface area contributed by atoms with E-state index in [1.54, 1.807) is 11.3 Å². The smallest absolute Gasteiger partial charge is 0.296 e. The number of rotatable bonds is 2. The number of thiazole rings is 1. The van der Waals surface area contributed by atoms with Gasteiger partial charge in [-0.1, -0.05) is 25.9 Å². The molecule has 0 aliphatic heterocycles. The molecular weight excluding hydrogens is 238 g/mol. The van der Waals surface area contributed by atoms with E-state index < -0.39 is 5.76 Å². The summed E-state index contributed by atoms with van der Waals surface area (Å²) in [6, 6.07) is 0. The molecule has 2 aromatic rings. The van der Waals surface area contributed by atoms with Crippen molar-refractivity contribution in [3.05, 3.63) is 32.5 Å². The topological polar surface area (TPSA) is 60.9 Å². The van der Waals surface area contributed by atoms with Gasteiger partial charge >= 0.3 is 5.76 Å². The minimum absolute atomic E-state index is 0.225. The number of nitrogens with zero attached hydrogens (tertiary/aromatic N) is 3. The molecule has 0 spiro atoms. The average molecular weight is 253 g/mol. The lowest BCUT2D eigenvalue weighted by molar-refractivity contribution is 0.367. The molecule has 92 valence electrons. The maximum atomic E-state index is 11.6. The molecule has 5 nitrogen and oxygen atoms in total. The van der Waals surface area contributed by atoms with Gasteiger partial charge in [-0.05, 0) is 6.92 Å². The van der Waals surface area contributed by atoms with Crippen LogP contribution >= 0.6 is 11.3 Å². The van der Waals surface area contributed by atoms with Crippen LogP contribution in [0.2, 0.25) is 0 Å². The van der Waals surface area contributed by atoms with E-state index in [9.17, 15) is 4.79 Å². The van der Waals surface area contributed by atoms with E-state index in [1.807, 2.05) is 33.1 Å². The second-order valence-electron chi connectivity index (χ2n) is 4.97. The van der Waals surface area contributed by atoms with E-state index in [1.165, 1.54) is 4.57 Å². The minimum Gasteiger partial charge on any atom is -0.296 e. The quantitative estimate of drug-likeness (QED) is 0.820. The van der Waals surface area contributed by atoms with Gasteiger partial charge in [-0.25, -0.2) is 9.78 Å². The van der Waals surface area contributed by atoms with Crippen LogP contribution in [0.15, 0.2) is 14.7 Å². The Bertz CT molecular complexity index is 574. The van der Waals surface area contributed by atoms with Crippen LogP contribution in [0.5, 0.6) is 0 Å². The summed E-state index contributed by atoms with van der Waals surface area (Å²) in [6.07, 6.45) is 0. The van der Waals surface area contributed by atoms with Gasteiger partial charge in [0.1, 0.15) is 0 Å². The van der Waals surface area contributed by atoms with Gasteiger partial charge in [0.15, 0.2) is 5.82 Å². The van der Waals surface area contributed by atoms with Crippen LogP contribution in [-0.2, 0) is 12.0 Å². The normalized spacial score (nSPS) is 12.0. The minimum atomic E-state index is -0.430. The second kappa shape index (κ2) is 4.10. The summed E-state index contributed by atoms with van der Waals surface area (Å²) >= 11 is 1.57. The molecule has 0 amide bonds. The molecule has 0 aliphatic carbocycles. The molecule has 0 saturated heterocycles. The summed E-state index contributed by atoms with van der Waals surface area (Å²) in [7, 11) is 0. The lowest BCUT2D eigenvalue weighted by Crippen LogP contribution is -2.25. The highest BCUT2D eigenvalue weighted by molar-refractivity contribution is 7.09. The molecule has 0 N–H and O–H groups in total. The molecule has 0 fully saturated rings. The van der Waals surface area contributed by atoms with Crippen molar-refractivity contribution in [2.75, 3.05) is 0 Å². The van der Waals surface area contributed by atoms with Gasteiger partial charge in [0.2, 0.25) is 0 Å². The molecule has 0 unspecified atom stereocenters. The van der Waals surface area contributed by atoms with Crippen LogP contribution in [0.1, 0.15) is 37.3 Å². The first-order chi connectivity index (χ1) is 7.88. The first kappa shape index (κ1) is 12.0. The number of hydrogen-bond donors (Lipinski definition) is 0. The zero-order valence-electron chi connectivity index (χ0n) is 10.4. The van der Waals surface area contributed by atoms with Crippen molar-refractivity contribution in [2.24, 2.45) is 0 Å². The van der Waals surface area contributed by atoms with Crippen LogP contribution in [-0.4, -0.2) is 14.7 Å². The third-order valence-electron chi connectivity index (χ3n) is 2.34. The molecule has 2 rings (SSSR count). The molecule has 0 bridgehead atoms. The van der Waals surface area contributed by atoms with E-state index in [0.717, 1.165) is 10.7 Å². The maximum Gasteiger partial charge on any atom is 0.441 e. The standard InChI is InChI=1S/C11H15N3O2S/c1-7-12-8(6-17-7)5-14-9(11(2,3)4)13-16-10(14)15/h6H,5H2,1-4H3. The van der Waals surface area contributed by atoms with Crippen molar-refractivity contribution < 1.29 is 4.52 Å². The Hall–Kier alpha value is -1.43. The van der Waals surface area contributed by atoms with Gasteiger partial charge in [-0.2, -0.15) is 0 Å². The Kier molecular flexibility index (Phi) is 2.91. The molecule has 0 atom stereocenters. The highest BCUT2D eigenvalue weighted by Crippen LogP contribution is 2.19. The van der Waals surface area contributed by atoms with E-state index in [0.29, 0.717) is 12.4 Å². The summed E-state index contributed by atoms with van der Waals surface area (Å²) in [6.45, 7) is 8.34. The van der Waals surface area contributed by atoms with Crippen molar-refractivity contribution in [3.8, 4) is 0 Å². The highest BCUT2D eigenvalue weighted by atomic mass is 32.1. The fourth-order valence-corrected chi connectivity index (χ4v) is 2.20. The number of aryl methyl sites for hydroxylation is 1. The van der Waals surface area contributed by atoms with E-state index in [4.69, 9.17) is 4.52 Å². The van der Waals surface area contributed by atoms with Crippen LogP contribution in [0.25, 0.3) is 0 Å². The summed E-state index contributed by atoms with van der Waals surface area (Å²) in [5, 5.41) is 6.77. The van der Waals surface area contributed by atoms with Crippen LogP contribution in [0, 0.1) is 6.92 Å². The van der Waals surface area contributed by atoms with Crippen molar-refractivity contribution >= 4 is 11.3 Å². The zero-order chi connectivity index (χ0) is 12.6. The SMILES string of the molecule is Cc1nc(Cn2c(C(C)(C)C)noc2=O)cs1. The largest absolute Gasteiger partial charge is 0.441 e. The average Bonchev–Trinajstić information content (AvgIpc) is 2.74. The monoisotopic (exact) mass is 253 g/mol. The molecule has 6 heteroatoms. The van der Waals surface area contributed by atoms with E-state index in [-0.39, 0.29) is 5.41 Å². The molecule has 17 heavy (non-hydrogen) atoms. The molecule has 0 aliphatic rings. The molecule has 0 aromatic carbocycles. The van der Waals surface area contributed by atoms with Crippen molar-refractivity contribution in [2.45, 2.75) is 39.7 Å². The Balaban J connectivity index is 2.39. The summed E-state index contributed by atoms with van der Waals surface area (Å²) in [5.41, 5.74) is 0.639. The van der Waals surface area contributed by atoms with Crippen LogP contribution < -0.4 is 5.76 Å². The predicted octanol–water partition coefficient (Wildman–Crippen LogP) is 1.95. The van der Waals surface area contributed by atoms with Crippen LogP contribution in [0.4, 0.5) is 0 Å². The van der Waals surface area contributed by atoms with Crippen LogP contribution in [0.3, 0.4) is 0 Å². The number of hydrogen-bond acceptors (Lipinski definition) is 5. The summed E-state index contributed by atoms with van der Waals surface area (Å²) < 4.78 is 6.27. The summed E-state index contributed by atoms with van der Waals surface area (Å²) in [5.74, 6) is 0.216. The van der Waals surface area contributed by atoms with Crippen molar-refractivity contribution in [1.29, 1.82) is 0 Å². The zero-order valence-corrected chi connectivity index (χ0v) is 11.2. The van der Waals surface area contributed by atoms with Crippen molar-refractivity contribution in [1.82, 2.24) is 14.7 Å². The Morgan fingerprint density at radius 1 is 1.47 bits per heavy atom. The van der Waals surface area contributed by atoms with Gasteiger partial charge in [-0.3, -0.25) is 9.09 Å². The lowest BCUT2D eigenvalue weighted by Gasteiger charge is -2.16. The Labute approximate surface area is 103 Å². The van der Waals surface area contributed by atoms with Gasteiger partial charge in [0, 0.05) is 10.8 Å². The van der Waals surface area contributed by atoms with Gasteiger partial charge in [-0.15, -0.1) is 11.3 Å². The highest BCUT2D eigenvalue weighted by Gasteiger charge is 2.24. The fourth-order valence-electron chi connectivity index (χ4n) is 1.59. The lowest BCUT2D eigenvalue weighted by atomic mass is 9.96. The van der Waals surface area contributed by atoms with E-state index in [2.05, 4.69) is 10.1 Å². The third kappa shape index (κ3) is 2.46. The molecule has 0 saturated carbocycles. The summed E-state index contributed by atoms with van der Waals surface area (Å²) in [4.78, 5) is 15.9. The Morgan fingerprint density at radius 2 is 2.18 bits per heavy atom. The Morgan fingerprint density at radius 3 is 2.71 bits per heavy atom. The molecule has 2 aromatic heterocycles. The van der Waals surface area contributed by atoms with Crippen molar-refractivity contribution in [3.63, 3.8) is 0 Å². The second-order valence-corrected chi connectivity index (χ2v) is 6.03. The van der Waals surface area contributed by atoms with Gasteiger partial charge in [0.25, 0.3) is 0 Å². The van der Waals surface area contributed by atoms with E-state index >= 15 is 0 Å². The third-order valence-corrected chi connectivity index (χ3v) is 3.17. The molecular formula is C11H15N3O2S. The predicted molar refractivity (Wildman–Crippen MR) is 65.4 cm³/mol. The molecule has 2 heterocycles. The maximum absolute atomic E-state index is 11.6.